The molecule has 1 saturated heterocycles. The van der Waals surface area contributed by atoms with Gasteiger partial charge in [0, 0.05) is 45.3 Å². The molecular formula is C23H31N5O2. The maximum atomic E-state index is 13.1. The van der Waals surface area contributed by atoms with E-state index in [0.717, 1.165) is 61.7 Å². The van der Waals surface area contributed by atoms with Gasteiger partial charge in [-0.25, -0.2) is 9.97 Å². The Morgan fingerprint density at radius 2 is 2.20 bits per heavy atom. The van der Waals surface area contributed by atoms with Crippen LogP contribution in [-0.4, -0.2) is 61.1 Å². The second-order valence-corrected chi connectivity index (χ2v) is 8.60. The quantitative estimate of drug-likeness (QED) is 0.785. The molecule has 1 aliphatic carbocycles. The van der Waals surface area contributed by atoms with E-state index in [-0.39, 0.29) is 11.3 Å². The summed E-state index contributed by atoms with van der Waals surface area (Å²) in [7, 11) is 3.93. The minimum atomic E-state index is -0.0387. The summed E-state index contributed by atoms with van der Waals surface area (Å²) in [6.45, 7) is 2.50. The van der Waals surface area contributed by atoms with Crippen LogP contribution in [0.4, 0.5) is 5.95 Å². The summed E-state index contributed by atoms with van der Waals surface area (Å²) in [5.74, 6) is 1.67. The molecule has 2 heterocycles. The van der Waals surface area contributed by atoms with Crippen molar-refractivity contribution in [3.63, 3.8) is 0 Å². The van der Waals surface area contributed by atoms with Gasteiger partial charge >= 0.3 is 0 Å². The first-order chi connectivity index (χ1) is 14.5. The highest BCUT2D eigenvalue weighted by Crippen LogP contribution is 2.44. The third-order valence-electron chi connectivity index (χ3n) is 6.20. The van der Waals surface area contributed by atoms with E-state index >= 15 is 0 Å². The number of fused-ring (bicyclic) bond motifs is 2. The molecule has 1 fully saturated rings. The molecule has 7 nitrogen and oxygen atoms in total. The lowest BCUT2D eigenvalue weighted by Gasteiger charge is -2.40. The topological polar surface area (TPSA) is 84.6 Å². The van der Waals surface area contributed by atoms with Gasteiger partial charge in [0.25, 0.3) is 0 Å². The van der Waals surface area contributed by atoms with Gasteiger partial charge in [0.15, 0.2) is 0 Å². The number of aryl methyl sites for hydroxylation is 1. The molecule has 1 unspecified atom stereocenters. The van der Waals surface area contributed by atoms with Crippen molar-refractivity contribution in [3.8, 4) is 5.75 Å². The van der Waals surface area contributed by atoms with Gasteiger partial charge in [-0.1, -0.05) is 12.1 Å². The zero-order valence-electron chi connectivity index (χ0n) is 17.9. The van der Waals surface area contributed by atoms with Crippen molar-refractivity contribution in [2.75, 3.05) is 45.2 Å². The number of amides is 1. The van der Waals surface area contributed by atoms with E-state index < -0.39 is 0 Å². The predicted octanol–water partition coefficient (Wildman–Crippen LogP) is 1.93. The molecule has 1 aliphatic heterocycles. The Balaban J connectivity index is 1.49. The molecule has 4 rings (SSSR count). The van der Waals surface area contributed by atoms with Crippen LogP contribution in [0.2, 0.25) is 0 Å². The first kappa shape index (κ1) is 20.6. The fraction of sp³-hybridized carbons (Fsp3) is 0.522. The van der Waals surface area contributed by atoms with Crippen LogP contribution in [0.25, 0.3) is 0 Å². The second-order valence-electron chi connectivity index (χ2n) is 8.60. The lowest BCUT2D eigenvalue weighted by Crippen LogP contribution is -2.48. The van der Waals surface area contributed by atoms with Crippen molar-refractivity contribution in [3.05, 3.63) is 47.3 Å². The number of hydrogen-bond acceptors (Lipinski definition) is 6. The number of rotatable bonds is 6. The Hall–Kier alpha value is -2.67. The number of anilines is 1. The first-order valence-electron chi connectivity index (χ1n) is 10.7. The van der Waals surface area contributed by atoms with Gasteiger partial charge in [0.05, 0.1) is 12.1 Å². The number of aromatic nitrogens is 2. The molecule has 0 radical (unpaired) electrons. The van der Waals surface area contributed by atoms with Crippen LogP contribution >= 0.6 is 0 Å². The van der Waals surface area contributed by atoms with E-state index in [2.05, 4.69) is 4.98 Å². The lowest BCUT2D eigenvalue weighted by atomic mass is 9.77. The Morgan fingerprint density at radius 3 is 3.00 bits per heavy atom. The number of ether oxygens (including phenoxy) is 1. The summed E-state index contributed by atoms with van der Waals surface area (Å²) >= 11 is 0. The summed E-state index contributed by atoms with van der Waals surface area (Å²) in [5, 5.41) is 0. The van der Waals surface area contributed by atoms with Crippen LogP contribution in [0.5, 0.6) is 5.75 Å². The van der Waals surface area contributed by atoms with Gasteiger partial charge in [-0.05, 0) is 48.9 Å². The summed E-state index contributed by atoms with van der Waals surface area (Å²) < 4.78 is 5.60. The maximum Gasteiger partial charge on any atom is 0.227 e. The van der Waals surface area contributed by atoms with Crippen molar-refractivity contribution >= 4 is 11.9 Å². The summed E-state index contributed by atoms with van der Waals surface area (Å²) in [5.41, 5.74) is 8.83. The van der Waals surface area contributed by atoms with Crippen LogP contribution in [0, 0.1) is 0 Å². The highest BCUT2D eigenvalue weighted by Gasteiger charge is 2.44. The molecule has 1 aromatic heterocycles. The standard InChI is InChI=1S/C23H31N5O2/c1-27(2)22-25-15-18-7-9-23(21(18)26-22)8-4-11-28(16-23)20(29)14-17-5-3-6-19(13-17)30-12-10-24/h3,5-6,13,15H,4,7-12,14,16,24H2,1-2H3. The van der Waals surface area contributed by atoms with E-state index in [1.165, 1.54) is 5.56 Å². The number of nitrogens with zero attached hydrogens (tertiary/aromatic N) is 4. The van der Waals surface area contributed by atoms with Gasteiger partial charge in [0.1, 0.15) is 12.4 Å². The van der Waals surface area contributed by atoms with Crippen molar-refractivity contribution in [2.24, 2.45) is 5.73 Å². The number of likely N-dealkylation sites (tertiary alicyclic amines) is 1. The Kier molecular flexibility index (Phi) is 5.90. The molecule has 0 saturated carbocycles. The zero-order valence-corrected chi connectivity index (χ0v) is 17.9. The molecule has 2 aliphatic rings. The molecule has 1 aromatic carbocycles. The number of piperidine rings is 1. The summed E-state index contributed by atoms with van der Waals surface area (Å²) in [6.07, 6.45) is 6.48. The Morgan fingerprint density at radius 1 is 1.33 bits per heavy atom. The highest BCUT2D eigenvalue weighted by molar-refractivity contribution is 5.79. The van der Waals surface area contributed by atoms with Gasteiger partial charge in [-0.15, -0.1) is 0 Å². The minimum absolute atomic E-state index is 0.0387. The number of hydrogen-bond donors (Lipinski definition) is 1. The van der Waals surface area contributed by atoms with E-state index in [0.29, 0.717) is 19.6 Å². The van der Waals surface area contributed by atoms with Crippen molar-refractivity contribution in [1.29, 1.82) is 0 Å². The lowest BCUT2D eigenvalue weighted by molar-refractivity contribution is -0.132. The molecular weight excluding hydrogens is 378 g/mol. The fourth-order valence-electron chi connectivity index (χ4n) is 4.70. The molecule has 7 heteroatoms. The van der Waals surface area contributed by atoms with Crippen molar-refractivity contribution < 1.29 is 9.53 Å². The maximum absolute atomic E-state index is 13.1. The van der Waals surface area contributed by atoms with E-state index in [1.807, 2.05) is 54.4 Å². The number of nitrogens with two attached hydrogens (primary N) is 1. The van der Waals surface area contributed by atoms with E-state index in [1.54, 1.807) is 0 Å². The first-order valence-corrected chi connectivity index (χ1v) is 10.7. The largest absolute Gasteiger partial charge is 0.492 e. The molecule has 30 heavy (non-hydrogen) atoms. The molecule has 1 spiro atoms. The number of carbonyl (C=O) groups excluding carboxylic acids is 1. The van der Waals surface area contributed by atoms with Gasteiger partial charge in [-0.2, -0.15) is 0 Å². The van der Waals surface area contributed by atoms with E-state index in [9.17, 15) is 4.79 Å². The molecule has 1 atom stereocenters. The molecule has 1 amide bonds. The molecule has 0 bridgehead atoms. The number of carbonyl (C=O) groups is 1. The molecule has 160 valence electrons. The minimum Gasteiger partial charge on any atom is -0.492 e. The Labute approximate surface area is 178 Å². The Bertz CT molecular complexity index is 912. The van der Waals surface area contributed by atoms with Crippen molar-refractivity contribution in [1.82, 2.24) is 14.9 Å². The average molecular weight is 410 g/mol. The summed E-state index contributed by atoms with van der Waals surface area (Å²) in [4.78, 5) is 26.5. The number of benzene rings is 1. The third-order valence-corrected chi connectivity index (χ3v) is 6.20. The van der Waals surface area contributed by atoms with Crippen LogP contribution in [0.1, 0.15) is 36.1 Å². The average Bonchev–Trinajstić information content (AvgIpc) is 3.09. The zero-order chi connectivity index (χ0) is 21.1. The monoisotopic (exact) mass is 409 g/mol. The van der Waals surface area contributed by atoms with Crippen molar-refractivity contribution in [2.45, 2.75) is 37.5 Å². The smallest absolute Gasteiger partial charge is 0.227 e. The van der Waals surface area contributed by atoms with Gasteiger partial charge in [0.2, 0.25) is 11.9 Å². The van der Waals surface area contributed by atoms with E-state index in [4.69, 9.17) is 15.5 Å². The van der Waals surface area contributed by atoms with Crippen LogP contribution < -0.4 is 15.4 Å². The fourth-order valence-corrected chi connectivity index (χ4v) is 4.70. The van der Waals surface area contributed by atoms with Crippen LogP contribution in [0.15, 0.2) is 30.5 Å². The molecule has 2 aromatic rings. The second kappa shape index (κ2) is 8.60. The van der Waals surface area contributed by atoms with Gasteiger partial charge < -0.3 is 20.3 Å². The summed E-state index contributed by atoms with van der Waals surface area (Å²) in [6, 6.07) is 7.75. The third kappa shape index (κ3) is 4.12. The van der Waals surface area contributed by atoms with Crippen LogP contribution in [-0.2, 0) is 23.1 Å². The van der Waals surface area contributed by atoms with Crippen LogP contribution in [0.3, 0.4) is 0 Å². The normalized spacial score (nSPS) is 20.3. The predicted molar refractivity (Wildman–Crippen MR) is 117 cm³/mol. The highest BCUT2D eigenvalue weighted by atomic mass is 16.5. The molecule has 2 N–H and O–H groups in total. The SMILES string of the molecule is CN(C)c1ncc2c(n1)C1(CCCN(C(=O)Cc3cccc(OCCN)c3)C1)CC2. The van der Waals surface area contributed by atoms with Gasteiger partial charge in [-0.3, -0.25) is 4.79 Å².